The number of benzene rings is 1. The Morgan fingerprint density at radius 3 is 2.54 bits per heavy atom. The Kier molecular flexibility index (Phi) is 7.93. The molecule has 1 aromatic heterocycles. The zero-order chi connectivity index (χ0) is 18.5. The first-order chi connectivity index (χ1) is 13.3. The molecule has 2 fully saturated rings. The maximum Gasteiger partial charge on any atom is 0.191 e. The molecule has 0 unspecified atom stereocenters. The van der Waals surface area contributed by atoms with Gasteiger partial charge in [-0.2, -0.15) is 0 Å². The van der Waals surface area contributed by atoms with E-state index in [1.54, 1.807) is 0 Å². The number of piperidine rings is 1. The maximum absolute atomic E-state index is 4.46. The zero-order valence-corrected chi connectivity index (χ0v) is 20.2. The number of guanidine groups is 1. The van der Waals surface area contributed by atoms with E-state index < -0.39 is 0 Å². The van der Waals surface area contributed by atoms with Crippen molar-refractivity contribution in [2.75, 3.05) is 31.6 Å². The van der Waals surface area contributed by atoms with E-state index in [4.69, 9.17) is 0 Å². The molecule has 2 aliphatic rings. The van der Waals surface area contributed by atoms with Crippen LogP contribution in [0.15, 0.2) is 57.7 Å². The minimum Gasteiger partial charge on any atom is -0.363 e. The number of nitrogens with one attached hydrogen (secondary N) is 2. The number of halogens is 1. The van der Waals surface area contributed by atoms with E-state index in [1.165, 1.54) is 22.7 Å². The van der Waals surface area contributed by atoms with E-state index in [9.17, 15) is 0 Å². The second-order valence-electron chi connectivity index (χ2n) is 7.38. The first-order valence-electron chi connectivity index (χ1n) is 9.76. The summed E-state index contributed by atoms with van der Waals surface area (Å²) in [7, 11) is 1.88. The first kappa shape index (κ1) is 21.8. The van der Waals surface area contributed by atoms with Gasteiger partial charge < -0.3 is 15.5 Å². The van der Waals surface area contributed by atoms with E-state index in [0.29, 0.717) is 10.8 Å². The van der Waals surface area contributed by atoms with Gasteiger partial charge >= 0.3 is 0 Å². The summed E-state index contributed by atoms with van der Waals surface area (Å²) in [5.74, 6) is 0.949. The van der Waals surface area contributed by atoms with E-state index in [1.807, 2.05) is 30.1 Å². The van der Waals surface area contributed by atoms with Crippen LogP contribution in [0.5, 0.6) is 0 Å². The number of anilines is 1. The first-order valence-corrected chi connectivity index (χ1v) is 11.5. The topological polar surface area (TPSA) is 39.7 Å². The van der Waals surface area contributed by atoms with Crippen molar-refractivity contribution >= 4 is 58.0 Å². The Labute approximate surface area is 193 Å². The Bertz CT molecular complexity index is 739. The molecule has 152 valence electrons. The number of thioether (sulfide) groups is 1. The standard InChI is InChI=1S/C21H28N4S2.HI/c1-22-20(23-16-21(11-12-21)27-18-6-3-2-4-7-18)24-17-9-13-25(14-10-17)19-8-5-15-26-19;/h2-8,15,17H,9-14,16H2,1H3,(H2,22,23,24);1H. The van der Waals surface area contributed by atoms with Crippen molar-refractivity contribution in [2.45, 2.75) is 41.4 Å². The predicted octanol–water partition coefficient (Wildman–Crippen LogP) is 4.82. The van der Waals surface area contributed by atoms with Crippen LogP contribution in [0.3, 0.4) is 0 Å². The number of aliphatic imine (C=N–C) groups is 1. The molecular formula is C21H29IN4S2. The molecule has 1 aliphatic carbocycles. The molecule has 2 N–H and O–H groups in total. The van der Waals surface area contributed by atoms with E-state index >= 15 is 0 Å². The van der Waals surface area contributed by atoms with Crippen molar-refractivity contribution in [3.8, 4) is 0 Å². The number of nitrogens with zero attached hydrogens (tertiary/aromatic N) is 2. The van der Waals surface area contributed by atoms with Crippen LogP contribution in [0.4, 0.5) is 5.00 Å². The van der Waals surface area contributed by atoms with Crippen LogP contribution in [0.1, 0.15) is 25.7 Å². The molecule has 28 heavy (non-hydrogen) atoms. The number of rotatable bonds is 6. The predicted molar refractivity (Wildman–Crippen MR) is 134 cm³/mol. The minimum atomic E-state index is 0. The normalized spacial score (nSPS) is 19.0. The fourth-order valence-electron chi connectivity index (χ4n) is 3.52. The van der Waals surface area contributed by atoms with Gasteiger partial charge in [0.05, 0.1) is 5.00 Å². The van der Waals surface area contributed by atoms with Crippen molar-refractivity contribution in [2.24, 2.45) is 4.99 Å². The van der Waals surface area contributed by atoms with Gasteiger partial charge in [-0.1, -0.05) is 18.2 Å². The zero-order valence-electron chi connectivity index (χ0n) is 16.3. The fourth-order valence-corrected chi connectivity index (χ4v) is 5.55. The molecule has 2 aromatic rings. The summed E-state index contributed by atoms with van der Waals surface area (Å²) in [5, 5.41) is 10.8. The monoisotopic (exact) mass is 528 g/mol. The lowest BCUT2D eigenvalue weighted by molar-refractivity contribution is 0.462. The molecule has 1 saturated heterocycles. The van der Waals surface area contributed by atoms with Crippen LogP contribution in [-0.2, 0) is 0 Å². The van der Waals surface area contributed by atoms with E-state index in [0.717, 1.165) is 38.4 Å². The summed E-state index contributed by atoms with van der Waals surface area (Å²) < 4.78 is 0.335. The lowest BCUT2D eigenvalue weighted by atomic mass is 10.1. The third-order valence-corrected chi connectivity index (χ3v) is 7.76. The van der Waals surface area contributed by atoms with Gasteiger partial charge in [-0.05, 0) is 55.3 Å². The van der Waals surface area contributed by atoms with Crippen LogP contribution >= 0.6 is 47.1 Å². The summed E-state index contributed by atoms with van der Waals surface area (Å²) in [4.78, 5) is 8.32. The van der Waals surface area contributed by atoms with Crippen LogP contribution in [0.25, 0.3) is 0 Å². The van der Waals surface area contributed by atoms with Crippen LogP contribution in [0.2, 0.25) is 0 Å². The van der Waals surface area contributed by atoms with Gasteiger partial charge in [-0.15, -0.1) is 47.1 Å². The molecule has 0 radical (unpaired) electrons. The van der Waals surface area contributed by atoms with E-state index in [-0.39, 0.29) is 24.0 Å². The summed E-state index contributed by atoms with van der Waals surface area (Å²) in [5.41, 5.74) is 0. The van der Waals surface area contributed by atoms with Gasteiger partial charge in [-0.3, -0.25) is 4.99 Å². The SMILES string of the molecule is CN=C(NCC1(Sc2ccccc2)CC1)NC1CCN(c2cccs2)CC1.I. The Morgan fingerprint density at radius 1 is 1.18 bits per heavy atom. The summed E-state index contributed by atoms with van der Waals surface area (Å²) in [6, 6.07) is 15.6. The molecule has 7 heteroatoms. The highest BCUT2D eigenvalue weighted by atomic mass is 127. The highest BCUT2D eigenvalue weighted by molar-refractivity contribution is 14.0. The average Bonchev–Trinajstić information content (AvgIpc) is 3.25. The number of thiophene rings is 1. The quantitative estimate of drug-likeness (QED) is 0.320. The van der Waals surface area contributed by atoms with Gasteiger partial charge in [0, 0.05) is 42.4 Å². The van der Waals surface area contributed by atoms with Crippen LogP contribution in [-0.4, -0.2) is 43.4 Å². The largest absolute Gasteiger partial charge is 0.363 e. The molecule has 0 spiro atoms. The Morgan fingerprint density at radius 2 is 1.93 bits per heavy atom. The summed E-state index contributed by atoms with van der Waals surface area (Å²) in [6.45, 7) is 3.20. The highest BCUT2D eigenvalue weighted by Crippen LogP contribution is 2.51. The Hall–Kier alpha value is -0.930. The number of hydrogen-bond donors (Lipinski definition) is 2. The molecule has 0 bridgehead atoms. The third kappa shape index (κ3) is 5.79. The van der Waals surface area contributed by atoms with Crippen LogP contribution in [0, 0.1) is 0 Å². The second-order valence-corrected chi connectivity index (χ2v) is 9.85. The molecule has 2 heterocycles. The lowest BCUT2D eigenvalue weighted by Crippen LogP contribution is -2.49. The summed E-state index contributed by atoms with van der Waals surface area (Å²) >= 11 is 3.84. The second kappa shape index (κ2) is 10.2. The Balaban J connectivity index is 0.00000225. The molecular weight excluding hydrogens is 499 g/mol. The van der Waals surface area contributed by atoms with E-state index in [2.05, 4.69) is 68.4 Å². The van der Waals surface area contributed by atoms with Crippen molar-refractivity contribution in [1.29, 1.82) is 0 Å². The average molecular weight is 529 g/mol. The lowest BCUT2D eigenvalue weighted by Gasteiger charge is -2.33. The smallest absolute Gasteiger partial charge is 0.191 e. The fraction of sp³-hybridized carbons (Fsp3) is 0.476. The molecule has 0 atom stereocenters. The molecule has 4 rings (SSSR count). The molecule has 1 aliphatic heterocycles. The van der Waals surface area contributed by atoms with Crippen molar-refractivity contribution < 1.29 is 0 Å². The third-order valence-electron chi connectivity index (χ3n) is 5.34. The van der Waals surface area contributed by atoms with Crippen molar-refractivity contribution in [3.05, 3.63) is 47.8 Å². The van der Waals surface area contributed by atoms with Gasteiger partial charge in [0.25, 0.3) is 0 Å². The van der Waals surface area contributed by atoms with Gasteiger partial charge in [0.2, 0.25) is 0 Å². The van der Waals surface area contributed by atoms with Gasteiger partial charge in [-0.25, -0.2) is 0 Å². The van der Waals surface area contributed by atoms with Gasteiger partial charge in [0.15, 0.2) is 5.96 Å². The molecule has 1 aromatic carbocycles. The molecule has 0 amide bonds. The minimum absolute atomic E-state index is 0. The summed E-state index contributed by atoms with van der Waals surface area (Å²) in [6.07, 6.45) is 4.86. The maximum atomic E-state index is 4.46. The highest BCUT2D eigenvalue weighted by Gasteiger charge is 2.43. The molecule has 4 nitrogen and oxygen atoms in total. The van der Waals surface area contributed by atoms with Crippen molar-refractivity contribution in [1.82, 2.24) is 10.6 Å². The number of hydrogen-bond acceptors (Lipinski definition) is 4. The van der Waals surface area contributed by atoms with Gasteiger partial charge in [0.1, 0.15) is 0 Å². The molecule has 1 saturated carbocycles. The van der Waals surface area contributed by atoms with Crippen molar-refractivity contribution in [3.63, 3.8) is 0 Å². The van der Waals surface area contributed by atoms with Crippen LogP contribution < -0.4 is 15.5 Å².